The van der Waals surface area contributed by atoms with E-state index >= 15 is 0 Å². The molecule has 0 bridgehead atoms. The molecule has 1 saturated heterocycles. The van der Waals surface area contributed by atoms with Crippen molar-refractivity contribution in [3.8, 4) is 11.8 Å². The molecule has 0 saturated carbocycles. The van der Waals surface area contributed by atoms with Crippen LogP contribution in [0.3, 0.4) is 0 Å². The van der Waals surface area contributed by atoms with Gasteiger partial charge in [-0.05, 0) is 37.6 Å². The van der Waals surface area contributed by atoms with Crippen LogP contribution in [0.4, 0.5) is 0 Å². The molecule has 1 aromatic carbocycles. The Morgan fingerprint density at radius 1 is 1.41 bits per heavy atom. The minimum atomic E-state index is -0.543. The Labute approximate surface area is 132 Å². The molecule has 3 atom stereocenters. The van der Waals surface area contributed by atoms with Crippen molar-refractivity contribution in [2.45, 2.75) is 38.6 Å². The van der Waals surface area contributed by atoms with Gasteiger partial charge in [0.2, 0.25) is 0 Å². The topological polar surface area (TPSA) is 65.7 Å². The summed E-state index contributed by atoms with van der Waals surface area (Å²) >= 11 is 0. The van der Waals surface area contributed by atoms with Gasteiger partial charge in [-0.2, -0.15) is 5.26 Å². The molecule has 5 heteroatoms. The Kier molecular flexibility index (Phi) is 6.20. The van der Waals surface area contributed by atoms with Crippen LogP contribution < -0.4 is 4.74 Å². The van der Waals surface area contributed by atoms with Gasteiger partial charge in [-0.1, -0.05) is 6.92 Å². The monoisotopic (exact) mass is 304 g/mol. The number of nitrogens with zero attached hydrogens (tertiary/aromatic N) is 2. The molecule has 5 nitrogen and oxygen atoms in total. The van der Waals surface area contributed by atoms with Crippen molar-refractivity contribution in [1.29, 1.82) is 5.26 Å². The maximum absolute atomic E-state index is 10.1. The third-order valence-electron chi connectivity index (χ3n) is 3.75. The summed E-state index contributed by atoms with van der Waals surface area (Å²) in [5.41, 5.74) is 0.598. The molecule has 0 spiro atoms. The second-order valence-corrected chi connectivity index (χ2v) is 5.80. The maximum atomic E-state index is 10.1. The number of benzene rings is 1. The zero-order valence-corrected chi connectivity index (χ0v) is 13.2. The van der Waals surface area contributed by atoms with Gasteiger partial charge in [0, 0.05) is 19.6 Å². The first-order chi connectivity index (χ1) is 10.6. The van der Waals surface area contributed by atoms with E-state index in [0.29, 0.717) is 17.9 Å². The lowest BCUT2D eigenvalue weighted by molar-refractivity contribution is -0.0873. The van der Waals surface area contributed by atoms with Gasteiger partial charge < -0.3 is 14.6 Å². The molecule has 1 heterocycles. The Balaban J connectivity index is 1.77. The van der Waals surface area contributed by atoms with Gasteiger partial charge in [-0.3, -0.25) is 4.90 Å². The highest BCUT2D eigenvalue weighted by atomic mass is 16.5. The first-order valence-corrected chi connectivity index (χ1v) is 7.79. The number of β-amino-alcohol motifs (C(OH)–C–C–N with tert-alkyl or cyclic N) is 1. The molecule has 0 radical (unpaired) electrons. The van der Waals surface area contributed by atoms with Gasteiger partial charge >= 0.3 is 0 Å². The summed E-state index contributed by atoms with van der Waals surface area (Å²) in [6, 6.07) is 8.97. The van der Waals surface area contributed by atoms with Gasteiger partial charge in [0.05, 0.1) is 23.8 Å². The zero-order valence-electron chi connectivity index (χ0n) is 13.2. The van der Waals surface area contributed by atoms with Crippen LogP contribution >= 0.6 is 0 Å². The molecule has 1 aliphatic heterocycles. The highest BCUT2D eigenvalue weighted by Gasteiger charge is 2.25. The lowest BCUT2D eigenvalue weighted by Gasteiger charge is -2.37. The molecule has 1 aliphatic rings. The van der Waals surface area contributed by atoms with Crippen molar-refractivity contribution >= 4 is 0 Å². The van der Waals surface area contributed by atoms with E-state index in [1.54, 1.807) is 24.3 Å². The average molecular weight is 304 g/mol. The van der Waals surface area contributed by atoms with Crippen molar-refractivity contribution in [3.05, 3.63) is 29.8 Å². The second kappa shape index (κ2) is 8.14. The number of hydrogen-bond donors (Lipinski definition) is 1. The van der Waals surface area contributed by atoms with Crippen LogP contribution in [0.1, 0.15) is 25.8 Å². The number of rotatable bonds is 6. The summed E-state index contributed by atoms with van der Waals surface area (Å²) in [6.07, 6.45) is 0.887. The van der Waals surface area contributed by atoms with Crippen LogP contribution in [0.2, 0.25) is 0 Å². The fraction of sp³-hybridized carbons (Fsp3) is 0.588. The van der Waals surface area contributed by atoms with Gasteiger partial charge in [0.1, 0.15) is 18.5 Å². The molecule has 0 aliphatic carbocycles. The molecular weight excluding hydrogens is 280 g/mol. The minimum Gasteiger partial charge on any atom is -0.491 e. The molecule has 1 aromatic rings. The van der Waals surface area contributed by atoms with Crippen LogP contribution in [-0.4, -0.2) is 54.6 Å². The molecule has 0 amide bonds. The fourth-order valence-electron chi connectivity index (χ4n) is 2.68. The average Bonchev–Trinajstić information content (AvgIpc) is 2.52. The van der Waals surface area contributed by atoms with Crippen molar-refractivity contribution in [3.63, 3.8) is 0 Å². The van der Waals surface area contributed by atoms with Crippen LogP contribution in [0.25, 0.3) is 0 Å². The zero-order chi connectivity index (χ0) is 15.9. The fourth-order valence-corrected chi connectivity index (χ4v) is 2.68. The van der Waals surface area contributed by atoms with E-state index in [1.165, 1.54) is 0 Å². The standard InChI is InChI=1S/C17H24N2O3/c1-3-16-11-19(9-13(2)22-16)10-15(20)12-21-17-6-4-14(8-18)5-7-17/h4-7,13,15-16,20H,3,9-12H2,1-2H3. The minimum absolute atomic E-state index is 0.199. The lowest BCUT2D eigenvalue weighted by atomic mass is 10.1. The summed E-state index contributed by atoms with van der Waals surface area (Å²) in [4.78, 5) is 2.23. The number of nitriles is 1. The summed E-state index contributed by atoms with van der Waals surface area (Å²) in [5.74, 6) is 0.667. The molecule has 2 rings (SSSR count). The SMILES string of the molecule is CCC1CN(CC(O)COc2ccc(C#N)cc2)CC(C)O1. The smallest absolute Gasteiger partial charge is 0.119 e. The number of hydrogen-bond acceptors (Lipinski definition) is 5. The van der Waals surface area contributed by atoms with E-state index < -0.39 is 6.10 Å². The van der Waals surface area contributed by atoms with Crippen molar-refractivity contribution in [2.24, 2.45) is 0 Å². The van der Waals surface area contributed by atoms with Crippen LogP contribution in [0.5, 0.6) is 5.75 Å². The molecular formula is C17H24N2O3. The first-order valence-electron chi connectivity index (χ1n) is 7.79. The molecule has 1 fully saturated rings. The number of aliphatic hydroxyl groups excluding tert-OH is 1. The third kappa shape index (κ3) is 4.99. The van der Waals surface area contributed by atoms with Crippen molar-refractivity contribution in [2.75, 3.05) is 26.2 Å². The Morgan fingerprint density at radius 2 is 2.14 bits per heavy atom. The van der Waals surface area contributed by atoms with Gasteiger partial charge in [0.15, 0.2) is 0 Å². The second-order valence-electron chi connectivity index (χ2n) is 5.80. The number of aliphatic hydroxyl groups is 1. The van der Waals surface area contributed by atoms with Gasteiger partial charge in [0.25, 0.3) is 0 Å². The summed E-state index contributed by atoms with van der Waals surface area (Å²) in [5, 5.41) is 18.9. The number of morpholine rings is 1. The van der Waals surface area contributed by atoms with E-state index in [4.69, 9.17) is 14.7 Å². The lowest BCUT2D eigenvalue weighted by Crippen LogP contribution is -2.49. The molecule has 3 unspecified atom stereocenters. The normalized spacial score (nSPS) is 23.7. The first kappa shape index (κ1) is 16.8. The third-order valence-corrected chi connectivity index (χ3v) is 3.75. The quantitative estimate of drug-likeness (QED) is 0.868. The highest BCUT2D eigenvalue weighted by Crippen LogP contribution is 2.15. The van der Waals surface area contributed by atoms with E-state index in [-0.39, 0.29) is 18.8 Å². The predicted molar refractivity (Wildman–Crippen MR) is 83.7 cm³/mol. The summed E-state index contributed by atoms with van der Waals surface area (Å²) in [7, 11) is 0. The van der Waals surface area contributed by atoms with Crippen LogP contribution in [0, 0.1) is 11.3 Å². The summed E-state index contributed by atoms with van der Waals surface area (Å²) in [6.45, 7) is 6.70. The van der Waals surface area contributed by atoms with E-state index in [2.05, 4.69) is 24.8 Å². The van der Waals surface area contributed by atoms with Gasteiger partial charge in [-0.15, -0.1) is 0 Å². The molecule has 1 N–H and O–H groups in total. The Hall–Kier alpha value is -1.61. The van der Waals surface area contributed by atoms with Crippen molar-refractivity contribution < 1.29 is 14.6 Å². The van der Waals surface area contributed by atoms with E-state index in [1.807, 2.05) is 0 Å². The predicted octanol–water partition coefficient (Wildman–Crippen LogP) is 1.80. The highest BCUT2D eigenvalue weighted by molar-refractivity contribution is 5.34. The number of ether oxygens (including phenoxy) is 2. The van der Waals surface area contributed by atoms with Crippen molar-refractivity contribution in [1.82, 2.24) is 4.90 Å². The largest absolute Gasteiger partial charge is 0.491 e. The van der Waals surface area contributed by atoms with Crippen LogP contribution in [-0.2, 0) is 4.74 Å². The van der Waals surface area contributed by atoms with Gasteiger partial charge in [-0.25, -0.2) is 0 Å². The Bertz CT molecular complexity index is 498. The molecule has 0 aromatic heterocycles. The molecule has 120 valence electrons. The van der Waals surface area contributed by atoms with E-state index in [0.717, 1.165) is 19.5 Å². The van der Waals surface area contributed by atoms with E-state index in [9.17, 15) is 5.11 Å². The summed E-state index contributed by atoms with van der Waals surface area (Å²) < 4.78 is 11.4. The Morgan fingerprint density at radius 3 is 2.77 bits per heavy atom. The van der Waals surface area contributed by atoms with Crippen LogP contribution in [0.15, 0.2) is 24.3 Å². The maximum Gasteiger partial charge on any atom is 0.119 e. The molecule has 22 heavy (non-hydrogen) atoms.